The molecule has 29 heavy (non-hydrogen) atoms. The molecular weight excluding hydrogens is 394 g/mol. The zero-order valence-electron chi connectivity index (χ0n) is 15.5. The summed E-state index contributed by atoms with van der Waals surface area (Å²) in [5, 5.41) is 13.0. The number of benzene rings is 1. The van der Waals surface area contributed by atoms with Gasteiger partial charge >= 0.3 is 0 Å². The minimum absolute atomic E-state index is 0.101. The Kier molecular flexibility index (Phi) is 4.24. The Hall–Kier alpha value is -3.33. The largest absolute Gasteiger partial charge is 0.419 e. The summed E-state index contributed by atoms with van der Waals surface area (Å²) >= 11 is 6.20. The van der Waals surface area contributed by atoms with Crippen LogP contribution in [0.15, 0.2) is 40.9 Å². The number of nitrogens with zero attached hydrogens (tertiary/aromatic N) is 7. The molecule has 0 atom stereocenters. The lowest BCUT2D eigenvalue weighted by Crippen LogP contribution is -2.33. The highest BCUT2D eigenvalue weighted by atomic mass is 35.5. The van der Waals surface area contributed by atoms with Crippen molar-refractivity contribution in [2.75, 3.05) is 0 Å². The molecule has 1 amide bonds. The Labute approximate surface area is 170 Å². The standard InChI is InChI=1S/C19H16ClN7O2/c1-11-8-9-21-19-22-16(25-27(11)19)18(28)26(12-6-7-12)10-15-23-24-17(29-15)13-4-2-3-5-14(13)20/h2-5,8-9,12H,6-7,10H2,1H3. The van der Waals surface area contributed by atoms with Gasteiger partial charge in [-0.3, -0.25) is 4.79 Å². The van der Waals surface area contributed by atoms with Crippen molar-refractivity contribution >= 4 is 23.3 Å². The molecule has 0 aliphatic heterocycles. The van der Waals surface area contributed by atoms with E-state index in [9.17, 15) is 4.79 Å². The fourth-order valence-corrected chi connectivity index (χ4v) is 3.30. The number of rotatable bonds is 5. The van der Waals surface area contributed by atoms with Crippen LogP contribution in [0.25, 0.3) is 17.2 Å². The highest BCUT2D eigenvalue weighted by molar-refractivity contribution is 6.33. The van der Waals surface area contributed by atoms with Crippen LogP contribution in [0, 0.1) is 6.92 Å². The summed E-state index contributed by atoms with van der Waals surface area (Å²) < 4.78 is 7.32. The third-order valence-corrected chi connectivity index (χ3v) is 5.08. The maximum Gasteiger partial charge on any atom is 0.294 e. The van der Waals surface area contributed by atoms with Crippen LogP contribution in [0.3, 0.4) is 0 Å². The zero-order valence-corrected chi connectivity index (χ0v) is 16.2. The van der Waals surface area contributed by atoms with Gasteiger partial charge in [0, 0.05) is 17.9 Å². The van der Waals surface area contributed by atoms with E-state index in [0.717, 1.165) is 18.5 Å². The Bertz CT molecular complexity index is 1210. The van der Waals surface area contributed by atoms with Crippen molar-refractivity contribution in [1.82, 2.24) is 34.7 Å². The maximum absolute atomic E-state index is 13.1. The van der Waals surface area contributed by atoms with Crippen molar-refractivity contribution in [3.8, 4) is 11.5 Å². The van der Waals surface area contributed by atoms with Crippen molar-refractivity contribution in [2.24, 2.45) is 0 Å². The first-order valence-corrected chi connectivity index (χ1v) is 9.54. The summed E-state index contributed by atoms with van der Waals surface area (Å²) in [6.45, 7) is 2.06. The molecule has 0 unspecified atom stereocenters. The molecule has 1 saturated carbocycles. The fraction of sp³-hybridized carbons (Fsp3) is 0.263. The van der Waals surface area contributed by atoms with Gasteiger partial charge in [-0.15, -0.1) is 15.3 Å². The van der Waals surface area contributed by atoms with Crippen LogP contribution >= 0.6 is 11.6 Å². The molecule has 146 valence electrons. The molecule has 3 heterocycles. The van der Waals surface area contributed by atoms with Gasteiger partial charge in [-0.1, -0.05) is 23.7 Å². The molecule has 0 bridgehead atoms. The number of aryl methyl sites for hydroxylation is 1. The maximum atomic E-state index is 13.1. The second-order valence-electron chi connectivity index (χ2n) is 6.88. The van der Waals surface area contributed by atoms with E-state index in [2.05, 4.69) is 25.3 Å². The van der Waals surface area contributed by atoms with E-state index >= 15 is 0 Å². The minimum Gasteiger partial charge on any atom is -0.419 e. The zero-order chi connectivity index (χ0) is 20.0. The second kappa shape index (κ2) is 6.93. The number of hydrogen-bond acceptors (Lipinski definition) is 7. The average Bonchev–Trinajstić information content (AvgIpc) is 3.28. The quantitative estimate of drug-likeness (QED) is 0.499. The van der Waals surface area contributed by atoms with Gasteiger partial charge in [0.05, 0.1) is 17.1 Å². The lowest BCUT2D eigenvalue weighted by Gasteiger charge is -2.18. The lowest BCUT2D eigenvalue weighted by atomic mass is 10.2. The number of hydrogen-bond donors (Lipinski definition) is 0. The van der Waals surface area contributed by atoms with E-state index in [-0.39, 0.29) is 24.3 Å². The Morgan fingerprint density at radius 3 is 2.86 bits per heavy atom. The third kappa shape index (κ3) is 3.33. The molecule has 5 rings (SSSR count). The number of aromatic nitrogens is 6. The Balaban J connectivity index is 1.42. The number of carbonyl (C=O) groups is 1. The van der Waals surface area contributed by atoms with Gasteiger partial charge in [-0.05, 0) is 38.0 Å². The van der Waals surface area contributed by atoms with Crippen LogP contribution in [0.5, 0.6) is 0 Å². The van der Waals surface area contributed by atoms with Crippen LogP contribution < -0.4 is 0 Å². The summed E-state index contributed by atoms with van der Waals surface area (Å²) in [7, 11) is 0. The molecule has 1 aliphatic rings. The first-order valence-electron chi connectivity index (χ1n) is 9.17. The summed E-state index contributed by atoms with van der Waals surface area (Å²) in [5.74, 6) is 0.861. The minimum atomic E-state index is -0.283. The smallest absolute Gasteiger partial charge is 0.294 e. The molecule has 1 aromatic carbocycles. The van der Waals surface area contributed by atoms with E-state index in [4.69, 9.17) is 16.0 Å². The van der Waals surface area contributed by atoms with Crippen molar-refractivity contribution in [3.63, 3.8) is 0 Å². The normalized spacial score (nSPS) is 13.7. The first kappa shape index (κ1) is 17.7. The van der Waals surface area contributed by atoms with E-state index in [1.807, 2.05) is 25.1 Å². The van der Waals surface area contributed by atoms with E-state index in [0.29, 0.717) is 28.1 Å². The first-order chi connectivity index (χ1) is 14.1. The van der Waals surface area contributed by atoms with Crippen molar-refractivity contribution in [2.45, 2.75) is 32.4 Å². The highest BCUT2D eigenvalue weighted by Gasteiger charge is 2.36. The monoisotopic (exact) mass is 409 g/mol. The molecule has 0 radical (unpaired) electrons. The summed E-state index contributed by atoms with van der Waals surface area (Å²) in [6.07, 6.45) is 3.48. The highest BCUT2D eigenvalue weighted by Crippen LogP contribution is 2.31. The summed E-state index contributed by atoms with van der Waals surface area (Å²) in [5.41, 5.74) is 1.50. The Morgan fingerprint density at radius 1 is 1.28 bits per heavy atom. The third-order valence-electron chi connectivity index (χ3n) is 4.75. The molecule has 1 aliphatic carbocycles. The van der Waals surface area contributed by atoms with Crippen LogP contribution in [-0.4, -0.2) is 46.6 Å². The van der Waals surface area contributed by atoms with Crippen molar-refractivity contribution in [3.05, 3.63) is 59.0 Å². The molecule has 0 saturated heterocycles. The lowest BCUT2D eigenvalue weighted by molar-refractivity contribution is 0.0702. The SMILES string of the molecule is Cc1ccnc2nc(C(=O)N(Cc3nnc(-c4ccccc4Cl)o3)C3CC3)nn12. The van der Waals surface area contributed by atoms with Gasteiger partial charge in [0.1, 0.15) is 0 Å². The molecule has 1 fully saturated rings. The van der Waals surface area contributed by atoms with Crippen LogP contribution in [-0.2, 0) is 6.54 Å². The second-order valence-corrected chi connectivity index (χ2v) is 7.29. The van der Waals surface area contributed by atoms with Gasteiger partial charge in [-0.2, -0.15) is 4.98 Å². The van der Waals surface area contributed by atoms with Gasteiger partial charge in [0.15, 0.2) is 0 Å². The predicted molar refractivity (Wildman–Crippen MR) is 103 cm³/mol. The van der Waals surface area contributed by atoms with Crippen LogP contribution in [0.1, 0.15) is 35.0 Å². The van der Waals surface area contributed by atoms with E-state index < -0.39 is 0 Å². The fourth-order valence-electron chi connectivity index (χ4n) is 3.09. The average molecular weight is 410 g/mol. The van der Waals surface area contributed by atoms with E-state index in [1.165, 1.54) is 0 Å². The molecular formula is C19H16ClN7O2. The molecule has 9 nitrogen and oxygen atoms in total. The number of fused-ring (bicyclic) bond motifs is 1. The number of carbonyl (C=O) groups excluding carboxylic acids is 1. The number of halogens is 1. The summed E-state index contributed by atoms with van der Waals surface area (Å²) in [4.78, 5) is 23.2. The van der Waals surface area contributed by atoms with Gasteiger partial charge in [-0.25, -0.2) is 9.50 Å². The molecule has 0 N–H and O–H groups in total. The molecule has 4 aromatic rings. The molecule has 0 spiro atoms. The van der Waals surface area contributed by atoms with Gasteiger partial charge < -0.3 is 9.32 Å². The molecule has 3 aromatic heterocycles. The number of amides is 1. The van der Waals surface area contributed by atoms with Crippen LogP contribution in [0.2, 0.25) is 5.02 Å². The van der Waals surface area contributed by atoms with Crippen molar-refractivity contribution in [1.29, 1.82) is 0 Å². The predicted octanol–water partition coefficient (Wildman–Crippen LogP) is 2.94. The van der Waals surface area contributed by atoms with Crippen molar-refractivity contribution < 1.29 is 9.21 Å². The Morgan fingerprint density at radius 2 is 2.10 bits per heavy atom. The molecule has 10 heteroatoms. The topological polar surface area (TPSA) is 102 Å². The van der Waals surface area contributed by atoms with E-state index in [1.54, 1.807) is 27.7 Å². The van der Waals surface area contributed by atoms with Gasteiger partial charge in [0.2, 0.25) is 17.6 Å². The summed E-state index contributed by atoms with van der Waals surface area (Å²) in [6, 6.07) is 9.15. The van der Waals surface area contributed by atoms with Crippen LogP contribution in [0.4, 0.5) is 0 Å². The van der Waals surface area contributed by atoms with Gasteiger partial charge in [0.25, 0.3) is 11.7 Å².